The Morgan fingerprint density at radius 3 is 2.78 bits per heavy atom. The van der Waals surface area contributed by atoms with Crippen molar-refractivity contribution in [1.29, 1.82) is 0 Å². The van der Waals surface area contributed by atoms with Gasteiger partial charge in [-0.1, -0.05) is 12.1 Å². The molecule has 0 fully saturated rings. The second-order valence-electron chi connectivity index (χ2n) is 3.96. The number of aromatic nitrogens is 2. The van der Waals surface area contributed by atoms with E-state index < -0.39 is 0 Å². The van der Waals surface area contributed by atoms with Crippen molar-refractivity contribution in [3.63, 3.8) is 0 Å². The summed E-state index contributed by atoms with van der Waals surface area (Å²) in [7, 11) is 1.62. The Morgan fingerprint density at radius 2 is 2.00 bits per heavy atom. The van der Waals surface area contributed by atoms with Crippen molar-refractivity contribution in [2.45, 2.75) is 0 Å². The molecular weight excluding hydrogens is 228 g/mol. The molecule has 0 unspecified atom stereocenters. The second-order valence-corrected chi connectivity index (χ2v) is 3.96. The number of methoxy groups -OCH3 is 1. The molecule has 90 valence electrons. The maximum absolute atomic E-state index is 9.88. The van der Waals surface area contributed by atoms with E-state index in [2.05, 4.69) is 4.98 Å². The first kappa shape index (κ1) is 10.7. The molecular formula is C14H12N2O2. The molecule has 0 amide bonds. The Bertz CT molecular complexity index is 704. The van der Waals surface area contributed by atoms with E-state index in [1.807, 2.05) is 34.9 Å². The molecule has 1 aromatic carbocycles. The first-order valence-electron chi connectivity index (χ1n) is 5.59. The number of benzene rings is 1. The molecule has 0 aliphatic carbocycles. The number of rotatable bonds is 2. The van der Waals surface area contributed by atoms with Crippen LogP contribution >= 0.6 is 0 Å². The standard InChI is InChI=1S/C14H12N2O2/c1-18-11-7-6-10-8-15-14(16(10)9-11)12-4-2-3-5-13(12)17/h2-9,17H,1H3. The van der Waals surface area contributed by atoms with Gasteiger partial charge in [-0.05, 0) is 24.3 Å². The van der Waals surface area contributed by atoms with Crippen LogP contribution in [0.5, 0.6) is 11.5 Å². The molecule has 2 heterocycles. The Kier molecular flexibility index (Phi) is 2.41. The van der Waals surface area contributed by atoms with Crippen LogP contribution in [0.2, 0.25) is 0 Å². The summed E-state index contributed by atoms with van der Waals surface area (Å²) in [6.07, 6.45) is 3.62. The van der Waals surface area contributed by atoms with Gasteiger partial charge in [-0.3, -0.25) is 4.40 Å². The topological polar surface area (TPSA) is 46.8 Å². The quantitative estimate of drug-likeness (QED) is 0.749. The highest BCUT2D eigenvalue weighted by Gasteiger charge is 2.10. The molecule has 3 rings (SSSR count). The van der Waals surface area contributed by atoms with Gasteiger partial charge in [0.2, 0.25) is 0 Å². The largest absolute Gasteiger partial charge is 0.507 e. The summed E-state index contributed by atoms with van der Waals surface area (Å²) in [6, 6.07) is 11.0. The van der Waals surface area contributed by atoms with E-state index in [9.17, 15) is 5.11 Å². The Balaban J connectivity index is 2.26. The molecule has 0 spiro atoms. The number of ether oxygens (including phenoxy) is 1. The van der Waals surface area contributed by atoms with E-state index in [1.54, 1.807) is 25.4 Å². The third kappa shape index (κ3) is 1.59. The normalized spacial score (nSPS) is 10.7. The molecule has 4 heteroatoms. The maximum Gasteiger partial charge on any atom is 0.148 e. The van der Waals surface area contributed by atoms with Crippen LogP contribution in [-0.2, 0) is 0 Å². The molecule has 0 saturated carbocycles. The minimum atomic E-state index is 0.216. The van der Waals surface area contributed by atoms with Crippen molar-refractivity contribution in [3.8, 4) is 22.9 Å². The number of fused-ring (bicyclic) bond motifs is 1. The second kappa shape index (κ2) is 4.07. The predicted octanol–water partition coefficient (Wildman–Crippen LogP) is 2.72. The van der Waals surface area contributed by atoms with Crippen molar-refractivity contribution in [1.82, 2.24) is 9.38 Å². The van der Waals surface area contributed by atoms with Crippen molar-refractivity contribution >= 4 is 5.52 Å². The SMILES string of the molecule is COc1ccc2cnc(-c3ccccc3O)n2c1. The Labute approximate surface area is 104 Å². The molecule has 0 atom stereocenters. The zero-order chi connectivity index (χ0) is 12.5. The molecule has 0 aliphatic rings. The summed E-state index contributed by atoms with van der Waals surface area (Å²) in [6.45, 7) is 0. The lowest BCUT2D eigenvalue weighted by molar-refractivity contribution is 0.412. The van der Waals surface area contributed by atoms with Crippen molar-refractivity contribution in [3.05, 3.63) is 48.8 Å². The van der Waals surface area contributed by atoms with Gasteiger partial charge < -0.3 is 9.84 Å². The lowest BCUT2D eigenvalue weighted by Crippen LogP contribution is -1.91. The number of hydrogen-bond donors (Lipinski definition) is 1. The van der Waals surface area contributed by atoms with Gasteiger partial charge in [0, 0.05) is 0 Å². The summed E-state index contributed by atoms with van der Waals surface area (Å²) in [5, 5.41) is 9.88. The van der Waals surface area contributed by atoms with E-state index in [0.717, 1.165) is 11.3 Å². The van der Waals surface area contributed by atoms with Crippen LogP contribution in [0.25, 0.3) is 16.9 Å². The monoisotopic (exact) mass is 240 g/mol. The highest BCUT2D eigenvalue weighted by atomic mass is 16.5. The Morgan fingerprint density at radius 1 is 1.17 bits per heavy atom. The van der Waals surface area contributed by atoms with E-state index in [-0.39, 0.29) is 5.75 Å². The molecule has 0 bridgehead atoms. The third-order valence-electron chi connectivity index (χ3n) is 2.88. The smallest absolute Gasteiger partial charge is 0.148 e. The first-order chi connectivity index (χ1) is 8.79. The van der Waals surface area contributed by atoms with Gasteiger partial charge in [-0.25, -0.2) is 4.98 Å². The lowest BCUT2D eigenvalue weighted by atomic mass is 10.2. The highest BCUT2D eigenvalue weighted by Crippen LogP contribution is 2.29. The fraction of sp³-hybridized carbons (Fsp3) is 0.0714. The van der Waals surface area contributed by atoms with Crippen LogP contribution in [0.1, 0.15) is 0 Å². The van der Waals surface area contributed by atoms with E-state index >= 15 is 0 Å². The minimum Gasteiger partial charge on any atom is -0.507 e. The van der Waals surface area contributed by atoms with E-state index in [0.29, 0.717) is 11.4 Å². The molecule has 2 aromatic heterocycles. The van der Waals surface area contributed by atoms with Crippen molar-refractivity contribution in [2.75, 3.05) is 7.11 Å². The number of phenolic OH excluding ortho intramolecular Hbond substituents is 1. The average molecular weight is 240 g/mol. The van der Waals surface area contributed by atoms with Crippen molar-refractivity contribution in [2.24, 2.45) is 0 Å². The molecule has 0 aliphatic heterocycles. The number of para-hydroxylation sites is 1. The highest BCUT2D eigenvalue weighted by molar-refractivity contribution is 5.68. The van der Waals surface area contributed by atoms with E-state index in [1.165, 1.54) is 0 Å². The fourth-order valence-electron chi connectivity index (χ4n) is 1.95. The summed E-state index contributed by atoms with van der Waals surface area (Å²) in [4.78, 5) is 4.35. The molecule has 4 nitrogen and oxygen atoms in total. The van der Waals surface area contributed by atoms with Crippen LogP contribution in [0.4, 0.5) is 0 Å². The van der Waals surface area contributed by atoms with Gasteiger partial charge in [-0.2, -0.15) is 0 Å². The summed E-state index contributed by atoms with van der Waals surface area (Å²) < 4.78 is 7.10. The number of phenols is 1. The predicted molar refractivity (Wildman–Crippen MR) is 68.8 cm³/mol. The van der Waals surface area contributed by atoms with E-state index in [4.69, 9.17) is 4.74 Å². The fourth-order valence-corrected chi connectivity index (χ4v) is 1.95. The molecule has 18 heavy (non-hydrogen) atoms. The Hall–Kier alpha value is -2.49. The van der Waals surface area contributed by atoms with Crippen molar-refractivity contribution < 1.29 is 9.84 Å². The van der Waals surface area contributed by atoms with Crippen LogP contribution in [0.3, 0.4) is 0 Å². The van der Waals surface area contributed by atoms with Gasteiger partial charge in [-0.15, -0.1) is 0 Å². The van der Waals surface area contributed by atoms with Gasteiger partial charge in [0.1, 0.15) is 17.3 Å². The molecule has 0 saturated heterocycles. The summed E-state index contributed by atoms with van der Waals surface area (Å²) in [5.41, 5.74) is 1.65. The molecule has 3 aromatic rings. The number of pyridine rings is 1. The number of aromatic hydroxyl groups is 1. The van der Waals surface area contributed by atoms with Crippen LogP contribution < -0.4 is 4.74 Å². The van der Waals surface area contributed by atoms with Gasteiger partial charge in [0.15, 0.2) is 0 Å². The lowest BCUT2D eigenvalue weighted by Gasteiger charge is -2.05. The zero-order valence-electron chi connectivity index (χ0n) is 9.87. The molecule has 0 radical (unpaired) electrons. The summed E-state index contributed by atoms with van der Waals surface area (Å²) >= 11 is 0. The van der Waals surface area contributed by atoms with Gasteiger partial charge >= 0.3 is 0 Å². The third-order valence-corrected chi connectivity index (χ3v) is 2.88. The summed E-state index contributed by atoms with van der Waals surface area (Å²) in [5.74, 6) is 1.66. The average Bonchev–Trinajstić information content (AvgIpc) is 2.82. The van der Waals surface area contributed by atoms with Crippen LogP contribution in [-0.4, -0.2) is 21.6 Å². The zero-order valence-corrected chi connectivity index (χ0v) is 9.87. The van der Waals surface area contributed by atoms with Crippen LogP contribution in [0, 0.1) is 0 Å². The number of imidazole rings is 1. The molecule has 1 N–H and O–H groups in total. The first-order valence-corrected chi connectivity index (χ1v) is 5.59. The number of nitrogens with zero attached hydrogens (tertiary/aromatic N) is 2. The maximum atomic E-state index is 9.88. The van der Waals surface area contributed by atoms with Gasteiger partial charge in [0.05, 0.1) is 30.6 Å². The minimum absolute atomic E-state index is 0.216. The number of hydrogen-bond acceptors (Lipinski definition) is 3. The van der Waals surface area contributed by atoms with Gasteiger partial charge in [0.25, 0.3) is 0 Å². The van der Waals surface area contributed by atoms with Crippen LogP contribution in [0.15, 0.2) is 48.8 Å².